The van der Waals surface area contributed by atoms with Gasteiger partial charge in [-0.05, 0) is 49.0 Å². The first-order valence-electron chi connectivity index (χ1n) is 8.84. The summed E-state index contributed by atoms with van der Waals surface area (Å²) in [4.78, 5) is 3.85. The van der Waals surface area contributed by atoms with E-state index in [2.05, 4.69) is 47.6 Å². The maximum absolute atomic E-state index is 5.73. The van der Waals surface area contributed by atoms with E-state index in [1.807, 2.05) is 31.2 Å². The molecule has 0 aromatic heterocycles. The van der Waals surface area contributed by atoms with E-state index in [4.69, 9.17) is 17.0 Å². The number of hydrogen-bond donors (Lipinski definition) is 2. The van der Waals surface area contributed by atoms with Gasteiger partial charge in [0.25, 0.3) is 0 Å². The van der Waals surface area contributed by atoms with Crippen LogP contribution in [0.2, 0.25) is 0 Å². The summed E-state index contributed by atoms with van der Waals surface area (Å²) in [7, 11) is 2.25. The summed E-state index contributed by atoms with van der Waals surface area (Å²) in [5, 5.41) is 4.17. The van der Waals surface area contributed by atoms with Crippen LogP contribution in [-0.4, -0.2) is 43.3 Å². The number of hydrogen-bond acceptors (Lipinski definition) is 2. The number of likely N-dealkylation sites (N-methyl/N-ethyl adjacent to an activating group) is 1. The number of anilines is 1. The highest BCUT2D eigenvalue weighted by atomic mass is 32.1. The number of nitrogens with zero attached hydrogens (tertiary/aromatic N) is 1. The van der Waals surface area contributed by atoms with Crippen molar-refractivity contribution in [1.82, 2.24) is 4.90 Å². The third-order valence-corrected chi connectivity index (χ3v) is 4.90. The second-order valence-electron chi connectivity index (χ2n) is 6.42. The Bertz CT molecular complexity index is 690. The molecule has 1 aliphatic rings. The van der Waals surface area contributed by atoms with Gasteiger partial charge in [0.1, 0.15) is 18.3 Å². The van der Waals surface area contributed by atoms with E-state index in [9.17, 15) is 0 Å². The zero-order valence-corrected chi connectivity index (χ0v) is 15.7. The number of benzene rings is 2. The number of thiocarbonyl (C=S) groups is 1. The zero-order valence-electron chi connectivity index (χ0n) is 14.9. The first-order chi connectivity index (χ1) is 12.2. The minimum atomic E-state index is 0.303. The SMILES string of the molecule is CCOc1ccc(NC(=S)N2CC[NH+](C)C[C@H]2c2ccccc2)cc1. The minimum Gasteiger partial charge on any atom is -0.494 e. The quantitative estimate of drug-likeness (QED) is 0.823. The molecule has 25 heavy (non-hydrogen) atoms. The van der Waals surface area contributed by atoms with Gasteiger partial charge < -0.3 is 19.9 Å². The van der Waals surface area contributed by atoms with Crippen LogP contribution in [0.15, 0.2) is 54.6 Å². The van der Waals surface area contributed by atoms with Gasteiger partial charge >= 0.3 is 0 Å². The molecular weight excluding hydrogens is 330 g/mol. The van der Waals surface area contributed by atoms with Crippen molar-refractivity contribution in [1.29, 1.82) is 0 Å². The molecule has 132 valence electrons. The third kappa shape index (κ3) is 4.50. The first-order valence-corrected chi connectivity index (χ1v) is 9.25. The van der Waals surface area contributed by atoms with E-state index in [0.29, 0.717) is 12.6 Å². The van der Waals surface area contributed by atoms with Gasteiger partial charge in [0.2, 0.25) is 0 Å². The monoisotopic (exact) mass is 356 g/mol. The topological polar surface area (TPSA) is 28.9 Å². The molecule has 0 spiro atoms. The third-order valence-electron chi connectivity index (χ3n) is 4.56. The number of quaternary nitrogens is 1. The van der Waals surface area contributed by atoms with Crippen molar-refractivity contribution in [2.75, 3.05) is 38.6 Å². The van der Waals surface area contributed by atoms with Crippen LogP contribution in [0.4, 0.5) is 5.69 Å². The van der Waals surface area contributed by atoms with Crippen LogP contribution in [0.25, 0.3) is 0 Å². The average molecular weight is 357 g/mol. The number of rotatable bonds is 4. The lowest BCUT2D eigenvalue weighted by atomic mass is 10.0. The lowest BCUT2D eigenvalue weighted by Gasteiger charge is -2.39. The molecule has 0 aliphatic carbocycles. The van der Waals surface area contributed by atoms with Crippen LogP contribution in [0, 0.1) is 0 Å². The van der Waals surface area contributed by atoms with Crippen LogP contribution in [0.5, 0.6) is 5.75 Å². The zero-order chi connectivity index (χ0) is 17.6. The Labute approximate surface area is 155 Å². The second-order valence-corrected chi connectivity index (χ2v) is 6.81. The summed E-state index contributed by atoms with van der Waals surface area (Å²) in [6.45, 7) is 5.76. The smallest absolute Gasteiger partial charge is 0.174 e. The molecule has 5 heteroatoms. The summed E-state index contributed by atoms with van der Waals surface area (Å²) < 4.78 is 5.50. The molecule has 1 heterocycles. The minimum absolute atomic E-state index is 0.303. The Morgan fingerprint density at radius 2 is 1.92 bits per heavy atom. The van der Waals surface area contributed by atoms with Gasteiger partial charge in [0.05, 0.1) is 26.7 Å². The van der Waals surface area contributed by atoms with Crippen molar-refractivity contribution in [3.05, 3.63) is 60.2 Å². The molecule has 1 saturated heterocycles. The Morgan fingerprint density at radius 1 is 1.20 bits per heavy atom. The molecule has 0 bridgehead atoms. The molecule has 3 rings (SSSR count). The first kappa shape index (κ1) is 17.7. The van der Waals surface area contributed by atoms with Crippen molar-refractivity contribution in [2.45, 2.75) is 13.0 Å². The van der Waals surface area contributed by atoms with Gasteiger partial charge in [-0.1, -0.05) is 30.3 Å². The summed E-state index contributed by atoms with van der Waals surface area (Å²) in [6.07, 6.45) is 0. The fourth-order valence-corrected chi connectivity index (χ4v) is 3.56. The Kier molecular flexibility index (Phi) is 5.89. The highest BCUT2D eigenvalue weighted by Crippen LogP contribution is 2.22. The van der Waals surface area contributed by atoms with Crippen molar-refractivity contribution in [3.63, 3.8) is 0 Å². The lowest BCUT2D eigenvalue weighted by molar-refractivity contribution is -0.887. The van der Waals surface area contributed by atoms with Gasteiger partial charge in [0.15, 0.2) is 5.11 Å². The van der Waals surface area contributed by atoms with Gasteiger partial charge in [-0.25, -0.2) is 0 Å². The molecule has 0 saturated carbocycles. The number of piperazine rings is 1. The molecule has 4 nitrogen and oxygen atoms in total. The number of nitrogens with one attached hydrogen (secondary N) is 2. The standard InChI is InChI=1S/C20H25N3OS/c1-3-24-18-11-9-17(10-12-18)21-20(25)23-14-13-22(2)15-19(23)16-7-5-4-6-8-16/h4-12,19H,3,13-15H2,1-2H3,(H,21,25)/p+1/t19-/m0/s1. The van der Waals surface area contributed by atoms with Crippen LogP contribution in [-0.2, 0) is 0 Å². The summed E-state index contributed by atoms with van der Waals surface area (Å²) >= 11 is 5.73. The van der Waals surface area contributed by atoms with Crippen molar-refractivity contribution in [2.24, 2.45) is 0 Å². The van der Waals surface area contributed by atoms with Gasteiger partial charge in [-0.15, -0.1) is 0 Å². The second kappa shape index (κ2) is 8.32. The highest BCUT2D eigenvalue weighted by Gasteiger charge is 2.30. The molecule has 1 unspecified atom stereocenters. The average Bonchev–Trinajstić information content (AvgIpc) is 2.64. The molecule has 2 N–H and O–H groups in total. The summed E-state index contributed by atoms with van der Waals surface area (Å²) in [5.41, 5.74) is 2.31. The molecule has 1 aliphatic heterocycles. The highest BCUT2D eigenvalue weighted by molar-refractivity contribution is 7.80. The fourth-order valence-electron chi connectivity index (χ4n) is 3.22. The Morgan fingerprint density at radius 3 is 2.60 bits per heavy atom. The normalized spacial score (nSPS) is 20.2. The van der Waals surface area contributed by atoms with E-state index in [1.165, 1.54) is 10.5 Å². The van der Waals surface area contributed by atoms with E-state index in [-0.39, 0.29) is 0 Å². The fraction of sp³-hybridized carbons (Fsp3) is 0.350. The van der Waals surface area contributed by atoms with E-state index in [0.717, 1.165) is 36.2 Å². The van der Waals surface area contributed by atoms with Gasteiger partial charge in [-0.2, -0.15) is 0 Å². The van der Waals surface area contributed by atoms with Crippen LogP contribution in [0.1, 0.15) is 18.5 Å². The van der Waals surface area contributed by atoms with Crippen molar-refractivity contribution < 1.29 is 9.64 Å². The summed E-state index contributed by atoms with van der Waals surface area (Å²) in [5.74, 6) is 0.879. The predicted molar refractivity (Wildman–Crippen MR) is 106 cm³/mol. The van der Waals surface area contributed by atoms with E-state index >= 15 is 0 Å². The van der Waals surface area contributed by atoms with Gasteiger partial charge in [0, 0.05) is 5.69 Å². The van der Waals surface area contributed by atoms with Crippen molar-refractivity contribution >= 4 is 23.0 Å². The maximum Gasteiger partial charge on any atom is 0.174 e. The van der Waals surface area contributed by atoms with E-state index in [1.54, 1.807) is 0 Å². The largest absolute Gasteiger partial charge is 0.494 e. The molecule has 0 radical (unpaired) electrons. The molecule has 2 atom stereocenters. The van der Waals surface area contributed by atoms with Crippen LogP contribution in [0.3, 0.4) is 0 Å². The predicted octanol–water partition coefficient (Wildman–Crippen LogP) is 2.35. The number of ether oxygens (including phenoxy) is 1. The molecular formula is C20H26N3OS+. The lowest BCUT2D eigenvalue weighted by Crippen LogP contribution is -3.12. The Hall–Kier alpha value is -2.11. The summed E-state index contributed by atoms with van der Waals surface area (Å²) in [6, 6.07) is 18.9. The Balaban J connectivity index is 1.72. The van der Waals surface area contributed by atoms with Crippen LogP contribution < -0.4 is 15.0 Å². The maximum atomic E-state index is 5.73. The van der Waals surface area contributed by atoms with Gasteiger partial charge in [-0.3, -0.25) is 0 Å². The molecule has 1 fully saturated rings. The molecule has 2 aromatic rings. The molecule has 0 amide bonds. The van der Waals surface area contributed by atoms with E-state index < -0.39 is 0 Å². The van der Waals surface area contributed by atoms with Crippen molar-refractivity contribution in [3.8, 4) is 5.75 Å². The molecule has 2 aromatic carbocycles. The van der Waals surface area contributed by atoms with Crippen LogP contribution >= 0.6 is 12.2 Å².